The molecule has 21 heavy (non-hydrogen) atoms. The summed E-state index contributed by atoms with van der Waals surface area (Å²) in [4.78, 5) is 10.0. The van der Waals surface area contributed by atoms with Crippen molar-refractivity contribution in [2.45, 2.75) is 11.8 Å². The Hall–Kier alpha value is -1.85. The normalized spacial score (nSPS) is 11.5. The Kier molecular flexibility index (Phi) is 3.94. The van der Waals surface area contributed by atoms with Crippen LogP contribution in [0.4, 0.5) is 5.69 Å². The van der Waals surface area contributed by atoms with E-state index in [4.69, 9.17) is 10.7 Å². The first-order valence-electron chi connectivity index (χ1n) is 6.51. The number of aliphatic imine (C=N–C) groups is 1. The van der Waals surface area contributed by atoms with Crippen LogP contribution >= 0.6 is 23.1 Å². The molecule has 0 fully saturated rings. The molecule has 3 nitrogen and oxygen atoms in total. The van der Waals surface area contributed by atoms with Crippen LogP contribution in [0.2, 0.25) is 0 Å². The molecule has 0 saturated heterocycles. The zero-order chi connectivity index (χ0) is 14.8. The van der Waals surface area contributed by atoms with Crippen LogP contribution in [0.25, 0.3) is 20.8 Å². The third kappa shape index (κ3) is 2.80. The van der Waals surface area contributed by atoms with E-state index in [9.17, 15) is 0 Å². The molecule has 0 atom stereocenters. The highest BCUT2D eigenvalue weighted by molar-refractivity contribution is 7.98. The Bertz CT molecular complexity index is 822. The summed E-state index contributed by atoms with van der Waals surface area (Å²) in [7, 11) is 0. The van der Waals surface area contributed by atoms with Gasteiger partial charge in [0.1, 0.15) is 5.01 Å². The lowest BCUT2D eigenvalue weighted by atomic mass is 10.2. The number of thioether (sulfide) groups is 1. The van der Waals surface area contributed by atoms with E-state index in [-0.39, 0.29) is 0 Å². The highest BCUT2D eigenvalue weighted by atomic mass is 32.2. The zero-order valence-corrected chi connectivity index (χ0v) is 13.5. The fourth-order valence-electron chi connectivity index (χ4n) is 2.15. The number of aryl methyl sites for hydroxylation is 1. The molecule has 1 heterocycles. The van der Waals surface area contributed by atoms with Crippen LogP contribution in [-0.4, -0.2) is 17.6 Å². The van der Waals surface area contributed by atoms with Gasteiger partial charge in [-0.3, -0.25) is 0 Å². The third-order valence-electron chi connectivity index (χ3n) is 3.18. The zero-order valence-electron chi connectivity index (χ0n) is 11.8. The van der Waals surface area contributed by atoms with Crippen molar-refractivity contribution in [3.8, 4) is 10.6 Å². The molecule has 3 rings (SSSR count). The molecule has 0 aliphatic heterocycles. The number of rotatable bonds is 3. The van der Waals surface area contributed by atoms with Crippen LogP contribution in [0.5, 0.6) is 0 Å². The van der Waals surface area contributed by atoms with Crippen molar-refractivity contribution in [1.82, 2.24) is 4.98 Å². The number of nitrogens with zero attached hydrogens (tertiary/aromatic N) is 2. The van der Waals surface area contributed by atoms with Gasteiger partial charge in [0.05, 0.1) is 22.2 Å². The number of nitrogens with two attached hydrogens (primary N) is 1. The van der Waals surface area contributed by atoms with Crippen LogP contribution in [0.15, 0.2) is 46.3 Å². The maximum Gasteiger partial charge on any atom is 0.124 e. The largest absolute Gasteiger partial charge is 0.390 e. The molecule has 0 saturated carbocycles. The van der Waals surface area contributed by atoms with Gasteiger partial charge >= 0.3 is 0 Å². The van der Waals surface area contributed by atoms with Gasteiger partial charge in [-0.15, -0.1) is 23.1 Å². The second-order valence-electron chi connectivity index (χ2n) is 4.65. The van der Waals surface area contributed by atoms with Gasteiger partial charge in [-0.2, -0.15) is 0 Å². The maximum atomic E-state index is 5.39. The summed E-state index contributed by atoms with van der Waals surface area (Å²) in [5.41, 5.74) is 9.71. The van der Waals surface area contributed by atoms with Gasteiger partial charge in [0.15, 0.2) is 0 Å². The number of hydrogen-bond donors (Lipinski definition) is 1. The molecule has 0 aliphatic carbocycles. The highest BCUT2D eigenvalue weighted by Crippen LogP contribution is 2.36. The fourth-order valence-corrected chi connectivity index (χ4v) is 3.79. The summed E-state index contributed by atoms with van der Waals surface area (Å²) in [5.74, 6) is 0. The summed E-state index contributed by atoms with van der Waals surface area (Å²) in [5, 5.41) is 1.04. The molecule has 0 bridgehead atoms. The number of hydrogen-bond acceptors (Lipinski definition) is 4. The standard InChI is InChI=1S/C16H15N3S2/c1-10-3-5-13-15(7-10)21-16(19-13)11-4-6-12(18-9-17)14(8-11)20-2/h3-9H,1-2H3,(H2,17,18). The van der Waals surface area contributed by atoms with E-state index in [1.54, 1.807) is 23.1 Å². The van der Waals surface area contributed by atoms with Gasteiger partial charge in [-0.05, 0) is 49.1 Å². The molecule has 0 aliphatic rings. The average molecular weight is 313 g/mol. The first-order chi connectivity index (χ1) is 10.2. The molecular formula is C16H15N3S2. The van der Waals surface area contributed by atoms with Crippen molar-refractivity contribution in [2.75, 3.05) is 6.26 Å². The predicted octanol–water partition coefficient (Wildman–Crippen LogP) is 4.61. The minimum atomic E-state index is 0.894. The Morgan fingerprint density at radius 2 is 2.10 bits per heavy atom. The number of thiazole rings is 1. The van der Waals surface area contributed by atoms with Gasteiger partial charge in [-0.1, -0.05) is 6.07 Å². The van der Waals surface area contributed by atoms with Gasteiger partial charge in [0.25, 0.3) is 0 Å². The Labute approximate surface area is 131 Å². The van der Waals surface area contributed by atoms with Crippen LogP contribution in [-0.2, 0) is 0 Å². The number of benzene rings is 2. The maximum absolute atomic E-state index is 5.39. The monoisotopic (exact) mass is 313 g/mol. The first-order valence-corrected chi connectivity index (χ1v) is 8.55. The first kappa shape index (κ1) is 14.1. The summed E-state index contributed by atoms with van der Waals surface area (Å²) >= 11 is 3.38. The Morgan fingerprint density at radius 3 is 2.86 bits per heavy atom. The molecule has 0 spiro atoms. The van der Waals surface area contributed by atoms with E-state index in [2.05, 4.69) is 36.2 Å². The second kappa shape index (κ2) is 5.87. The highest BCUT2D eigenvalue weighted by Gasteiger charge is 2.09. The van der Waals surface area contributed by atoms with Crippen LogP contribution < -0.4 is 5.73 Å². The van der Waals surface area contributed by atoms with Crippen molar-refractivity contribution < 1.29 is 0 Å². The fraction of sp³-hybridized carbons (Fsp3) is 0.125. The van der Waals surface area contributed by atoms with Crippen LogP contribution in [0.3, 0.4) is 0 Å². The van der Waals surface area contributed by atoms with E-state index >= 15 is 0 Å². The number of fused-ring (bicyclic) bond motifs is 1. The van der Waals surface area contributed by atoms with Gasteiger partial charge in [-0.25, -0.2) is 9.98 Å². The molecule has 2 aromatic carbocycles. The lowest BCUT2D eigenvalue weighted by Crippen LogP contribution is -1.87. The van der Waals surface area contributed by atoms with E-state index in [0.717, 1.165) is 26.7 Å². The minimum absolute atomic E-state index is 0.894. The van der Waals surface area contributed by atoms with Crippen LogP contribution in [0, 0.1) is 6.92 Å². The van der Waals surface area contributed by atoms with E-state index < -0.39 is 0 Å². The molecule has 106 valence electrons. The smallest absolute Gasteiger partial charge is 0.124 e. The SMILES string of the molecule is CSc1cc(-c2nc3ccc(C)cc3s2)ccc1N=CN. The molecule has 3 aromatic rings. The topological polar surface area (TPSA) is 51.3 Å². The Balaban J connectivity index is 2.09. The van der Waals surface area contributed by atoms with Crippen molar-refractivity contribution in [3.05, 3.63) is 42.0 Å². The van der Waals surface area contributed by atoms with Gasteiger partial charge < -0.3 is 5.73 Å². The third-order valence-corrected chi connectivity index (χ3v) is 5.02. The van der Waals surface area contributed by atoms with Gasteiger partial charge in [0.2, 0.25) is 0 Å². The average Bonchev–Trinajstić information content (AvgIpc) is 2.91. The molecule has 1 aromatic heterocycles. The Morgan fingerprint density at radius 1 is 1.24 bits per heavy atom. The second-order valence-corrected chi connectivity index (χ2v) is 6.53. The van der Waals surface area contributed by atoms with E-state index in [0.29, 0.717) is 0 Å². The number of aromatic nitrogens is 1. The van der Waals surface area contributed by atoms with Crippen molar-refractivity contribution in [1.29, 1.82) is 0 Å². The summed E-state index contributed by atoms with van der Waals surface area (Å²) in [6, 6.07) is 12.5. The van der Waals surface area contributed by atoms with E-state index in [1.807, 2.05) is 18.4 Å². The van der Waals surface area contributed by atoms with Crippen molar-refractivity contribution >= 4 is 45.3 Å². The molecule has 0 unspecified atom stereocenters. The van der Waals surface area contributed by atoms with Crippen LogP contribution in [0.1, 0.15) is 5.56 Å². The molecule has 0 amide bonds. The quantitative estimate of drug-likeness (QED) is 0.436. The van der Waals surface area contributed by atoms with Gasteiger partial charge in [0, 0.05) is 10.5 Å². The van der Waals surface area contributed by atoms with Crippen molar-refractivity contribution in [2.24, 2.45) is 10.7 Å². The summed E-state index contributed by atoms with van der Waals surface area (Å²) in [6.45, 7) is 2.10. The lowest BCUT2D eigenvalue weighted by Gasteiger charge is -2.04. The van der Waals surface area contributed by atoms with Crippen molar-refractivity contribution in [3.63, 3.8) is 0 Å². The molecule has 2 N–H and O–H groups in total. The summed E-state index contributed by atoms with van der Waals surface area (Å²) < 4.78 is 1.22. The minimum Gasteiger partial charge on any atom is -0.390 e. The molecular weight excluding hydrogens is 298 g/mol. The summed E-state index contributed by atoms with van der Waals surface area (Å²) in [6.07, 6.45) is 3.37. The molecule has 5 heteroatoms. The van der Waals surface area contributed by atoms with E-state index in [1.165, 1.54) is 16.6 Å². The molecule has 0 radical (unpaired) electrons. The lowest BCUT2D eigenvalue weighted by molar-refractivity contribution is 1.36. The predicted molar refractivity (Wildman–Crippen MR) is 93.9 cm³/mol.